The molecule has 3 aromatic rings. The number of nitrogens with zero attached hydrogens (tertiary/aromatic N) is 1. The molecule has 0 aliphatic heterocycles. The van der Waals surface area contributed by atoms with Crippen molar-refractivity contribution >= 4 is 23.2 Å². The van der Waals surface area contributed by atoms with E-state index in [-0.39, 0.29) is 11.6 Å². The molecule has 2 N–H and O–H groups in total. The molecular formula is C23H23N3O3. The molecule has 29 heavy (non-hydrogen) atoms. The summed E-state index contributed by atoms with van der Waals surface area (Å²) in [6, 6.07) is 16.2. The van der Waals surface area contributed by atoms with Gasteiger partial charge in [-0.1, -0.05) is 31.2 Å². The second kappa shape index (κ2) is 9.01. The standard InChI is InChI=1S/C23H23N3O3/c1-4-16-7-5-6-8-18(16)25-22(27)17-11-12-24-20(14-17)23(28)26-19-13-15(2)9-10-21(19)29-3/h5-14H,4H2,1-3H3,(H,25,27)(H,26,28). The summed E-state index contributed by atoms with van der Waals surface area (Å²) in [5.41, 5.74) is 3.83. The number of rotatable bonds is 6. The molecule has 0 spiro atoms. The Balaban J connectivity index is 1.79. The van der Waals surface area contributed by atoms with Crippen molar-refractivity contribution in [3.8, 4) is 5.75 Å². The lowest BCUT2D eigenvalue weighted by atomic mass is 10.1. The van der Waals surface area contributed by atoms with Gasteiger partial charge in [-0.05, 0) is 54.8 Å². The van der Waals surface area contributed by atoms with E-state index in [2.05, 4.69) is 15.6 Å². The van der Waals surface area contributed by atoms with Gasteiger partial charge in [0.15, 0.2) is 0 Å². The molecule has 0 radical (unpaired) electrons. The molecule has 148 valence electrons. The van der Waals surface area contributed by atoms with Crippen LogP contribution >= 0.6 is 0 Å². The number of methoxy groups -OCH3 is 1. The summed E-state index contributed by atoms with van der Waals surface area (Å²) in [4.78, 5) is 29.4. The predicted molar refractivity (Wildman–Crippen MR) is 114 cm³/mol. The average molecular weight is 389 g/mol. The first kappa shape index (κ1) is 20.1. The highest BCUT2D eigenvalue weighted by Gasteiger charge is 2.15. The number of aryl methyl sites for hydroxylation is 2. The zero-order chi connectivity index (χ0) is 20.8. The minimum absolute atomic E-state index is 0.144. The lowest BCUT2D eigenvalue weighted by molar-refractivity contribution is 0.102. The van der Waals surface area contributed by atoms with E-state index >= 15 is 0 Å². The van der Waals surface area contributed by atoms with E-state index in [0.717, 1.165) is 23.2 Å². The average Bonchev–Trinajstić information content (AvgIpc) is 2.74. The minimum atomic E-state index is -0.419. The van der Waals surface area contributed by atoms with Crippen LogP contribution in [0.15, 0.2) is 60.8 Å². The number of carbonyl (C=O) groups is 2. The number of nitrogens with one attached hydrogen (secondary N) is 2. The molecular weight excluding hydrogens is 366 g/mol. The van der Waals surface area contributed by atoms with Gasteiger partial charge in [-0.2, -0.15) is 0 Å². The van der Waals surface area contributed by atoms with Crippen LogP contribution < -0.4 is 15.4 Å². The number of ether oxygens (including phenoxy) is 1. The molecule has 0 fully saturated rings. The number of hydrogen-bond donors (Lipinski definition) is 2. The third kappa shape index (κ3) is 4.79. The number of benzene rings is 2. The maximum absolute atomic E-state index is 12.7. The Bertz CT molecular complexity index is 1050. The van der Waals surface area contributed by atoms with Gasteiger partial charge < -0.3 is 15.4 Å². The van der Waals surface area contributed by atoms with Crippen molar-refractivity contribution in [3.05, 3.63) is 83.2 Å². The Morgan fingerprint density at radius 1 is 0.966 bits per heavy atom. The highest BCUT2D eigenvalue weighted by molar-refractivity contribution is 6.08. The van der Waals surface area contributed by atoms with E-state index < -0.39 is 5.91 Å². The number of aromatic nitrogens is 1. The Morgan fingerprint density at radius 2 is 1.72 bits per heavy atom. The number of hydrogen-bond acceptors (Lipinski definition) is 4. The topological polar surface area (TPSA) is 80.3 Å². The van der Waals surface area contributed by atoms with Crippen LogP contribution in [0.2, 0.25) is 0 Å². The first-order valence-corrected chi connectivity index (χ1v) is 9.33. The minimum Gasteiger partial charge on any atom is -0.495 e. The number of anilines is 2. The molecule has 1 aromatic heterocycles. The fraction of sp³-hybridized carbons (Fsp3) is 0.174. The highest BCUT2D eigenvalue weighted by Crippen LogP contribution is 2.25. The second-order valence-electron chi connectivity index (χ2n) is 6.55. The third-order valence-electron chi connectivity index (χ3n) is 4.50. The normalized spacial score (nSPS) is 10.3. The van der Waals surface area contributed by atoms with E-state index in [0.29, 0.717) is 17.0 Å². The SMILES string of the molecule is CCc1ccccc1NC(=O)c1ccnc(C(=O)Nc2cc(C)ccc2OC)c1. The monoisotopic (exact) mass is 389 g/mol. The third-order valence-corrected chi connectivity index (χ3v) is 4.50. The molecule has 2 amide bonds. The van der Waals surface area contributed by atoms with Crippen LogP contribution in [0.4, 0.5) is 11.4 Å². The molecule has 0 saturated heterocycles. The lowest BCUT2D eigenvalue weighted by Crippen LogP contribution is -2.17. The van der Waals surface area contributed by atoms with Crippen LogP contribution in [0, 0.1) is 6.92 Å². The van der Waals surface area contributed by atoms with E-state index in [1.165, 1.54) is 19.4 Å². The summed E-state index contributed by atoms with van der Waals surface area (Å²) in [5, 5.41) is 5.70. The molecule has 6 nitrogen and oxygen atoms in total. The summed E-state index contributed by atoms with van der Waals surface area (Å²) < 4.78 is 5.29. The summed E-state index contributed by atoms with van der Waals surface area (Å²) in [6.45, 7) is 3.95. The van der Waals surface area contributed by atoms with Gasteiger partial charge in [-0.15, -0.1) is 0 Å². The molecule has 0 bridgehead atoms. The van der Waals surface area contributed by atoms with Gasteiger partial charge in [0.05, 0.1) is 12.8 Å². The summed E-state index contributed by atoms with van der Waals surface area (Å²) in [7, 11) is 1.54. The van der Waals surface area contributed by atoms with Crippen LogP contribution in [0.25, 0.3) is 0 Å². The molecule has 0 aliphatic carbocycles. The first-order valence-electron chi connectivity index (χ1n) is 9.33. The van der Waals surface area contributed by atoms with Crippen molar-refractivity contribution in [1.29, 1.82) is 0 Å². The molecule has 0 unspecified atom stereocenters. The van der Waals surface area contributed by atoms with Crippen molar-refractivity contribution in [2.24, 2.45) is 0 Å². The number of amides is 2. The zero-order valence-corrected chi connectivity index (χ0v) is 16.7. The number of pyridine rings is 1. The fourth-order valence-electron chi connectivity index (χ4n) is 2.95. The Hall–Kier alpha value is -3.67. The summed E-state index contributed by atoms with van der Waals surface area (Å²) in [5.74, 6) is -0.165. The van der Waals surface area contributed by atoms with Crippen LogP contribution in [0.1, 0.15) is 38.9 Å². The van der Waals surface area contributed by atoms with E-state index in [1.807, 2.05) is 50.2 Å². The molecule has 0 saturated carbocycles. The zero-order valence-electron chi connectivity index (χ0n) is 16.7. The van der Waals surface area contributed by atoms with Crippen LogP contribution in [-0.4, -0.2) is 23.9 Å². The van der Waals surface area contributed by atoms with Gasteiger partial charge in [-0.3, -0.25) is 14.6 Å². The van der Waals surface area contributed by atoms with Gasteiger partial charge in [0.2, 0.25) is 0 Å². The van der Waals surface area contributed by atoms with E-state index in [4.69, 9.17) is 4.74 Å². The van der Waals surface area contributed by atoms with E-state index in [1.54, 1.807) is 12.1 Å². The van der Waals surface area contributed by atoms with Gasteiger partial charge in [0.25, 0.3) is 11.8 Å². The van der Waals surface area contributed by atoms with Crippen LogP contribution in [0.5, 0.6) is 5.75 Å². The van der Waals surface area contributed by atoms with Gasteiger partial charge in [-0.25, -0.2) is 0 Å². The van der Waals surface area contributed by atoms with Crippen molar-refractivity contribution in [1.82, 2.24) is 4.98 Å². The lowest BCUT2D eigenvalue weighted by Gasteiger charge is -2.12. The first-order chi connectivity index (χ1) is 14.0. The van der Waals surface area contributed by atoms with Crippen LogP contribution in [-0.2, 0) is 6.42 Å². The predicted octanol–water partition coefficient (Wildman–Crippen LogP) is 4.47. The second-order valence-corrected chi connectivity index (χ2v) is 6.55. The summed E-state index contributed by atoms with van der Waals surface area (Å²) >= 11 is 0. The molecule has 2 aromatic carbocycles. The van der Waals surface area contributed by atoms with Crippen molar-refractivity contribution in [2.75, 3.05) is 17.7 Å². The van der Waals surface area contributed by atoms with Crippen molar-refractivity contribution in [3.63, 3.8) is 0 Å². The summed E-state index contributed by atoms with van der Waals surface area (Å²) in [6.07, 6.45) is 2.25. The molecule has 6 heteroatoms. The fourth-order valence-corrected chi connectivity index (χ4v) is 2.95. The van der Waals surface area contributed by atoms with Crippen molar-refractivity contribution < 1.29 is 14.3 Å². The smallest absolute Gasteiger partial charge is 0.274 e. The van der Waals surface area contributed by atoms with Gasteiger partial charge in [0, 0.05) is 17.4 Å². The van der Waals surface area contributed by atoms with E-state index in [9.17, 15) is 9.59 Å². The molecule has 0 atom stereocenters. The maximum Gasteiger partial charge on any atom is 0.274 e. The molecule has 0 aliphatic rings. The Kier molecular flexibility index (Phi) is 6.24. The largest absolute Gasteiger partial charge is 0.495 e. The number of para-hydroxylation sites is 1. The molecule has 3 rings (SSSR count). The van der Waals surface area contributed by atoms with Crippen molar-refractivity contribution in [2.45, 2.75) is 20.3 Å². The Labute approximate surface area is 169 Å². The highest BCUT2D eigenvalue weighted by atomic mass is 16.5. The van der Waals surface area contributed by atoms with Gasteiger partial charge >= 0.3 is 0 Å². The number of carbonyl (C=O) groups excluding carboxylic acids is 2. The Morgan fingerprint density at radius 3 is 2.48 bits per heavy atom. The van der Waals surface area contributed by atoms with Gasteiger partial charge in [0.1, 0.15) is 11.4 Å². The molecule has 1 heterocycles. The van der Waals surface area contributed by atoms with Crippen LogP contribution in [0.3, 0.4) is 0 Å². The maximum atomic E-state index is 12.7. The quantitative estimate of drug-likeness (QED) is 0.652.